The molecule has 0 amide bonds. The number of ether oxygens (including phenoxy) is 1. The van der Waals surface area contributed by atoms with Crippen LogP contribution in [0, 0.1) is 5.92 Å². The zero-order valence-electron chi connectivity index (χ0n) is 8.52. The Morgan fingerprint density at radius 1 is 1.50 bits per heavy atom. The zero-order chi connectivity index (χ0) is 11.2. The summed E-state index contributed by atoms with van der Waals surface area (Å²) < 4.78 is 27.1. The molecule has 0 aromatic carbocycles. The van der Waals surface area contributed by atoms with Crippen LogP contribution in [-0.2, 0) is 19.4 Å². The first-order valence-electron chi connectivity index (χ1n) is 4.38. The van der Waals surface area contributed by atoms with E-state index in [1.54, 1.807) is 6.92 Å². The van der Waals surface area contributed by atoms with E-state index in [0.29, 0.717) is 6.54 Å². The van der Waals surface area contributed by atoms with Gasteiger partial charge in [0, 0.05) is 0 Å². The van der Waals surface area contributed by atoms with Gasteiger partial charge in [-0.05, 0) is 12.5 Å². The third kappa shape index (κ3) is 5.93. The van der Waals surface area contributed by atoms with Crippen molar-refractivity contribution >= 4 is 15.8 Å². The zero-order valence-corrected chi connectivity index (χ0v) is 9.34. The molecule has 1 atom stereocenters. The fourth-order valence-electron chi connectivity index (χ4n) is 0.926. The highest BCUT2D eigenvalue weighted by atomic mass is 32.2. The van der Waals surface area contributed by atoms with Gasteiger partial charge in [0.1, 0.15) is 0 Å². The van der Waals surface area contributed by atoms with Crippen molar-refractivity contribution in [2.45, 2.75) is 13.3 Å². The summed E-state index contributed by atoms with van der Waals surface area (Å²) >= 11 is 0. The van der Waals surface area contributed by atoms with Gasteiger partial charge in [-0.25, -0.2) is 8.42 Å². The van der Waals surface area contributed by atoms with Crippen molar-refractivity contribution in [2.24, 2.45) is 11.7 Å². The summed E-state index contributed by atoms with van der Waals surface area (Å²) in [6, 6.07) is 0. The van der Waals surface area contributed by atoms with Crippen molar-refractivity contribution in [1.29, 1.82) is 0 Å². The Morgan fingerprint density at radius 2 is 2.07 bits per heavy atom. The highest BCUT2D eigenvalue weighted by molar-refractivity contribution is 7.91. The first-order chi connectivity index (χ1) is 6.41. The molecular formula is C8H17NO4S. The number of hydrogen-bond donors (Lipinski definition) is 1. The first-order valence-corrected chi connectivity index (χ1v) is 6.20. The number of rotatable bonds is 6. The SMILES string of the molecule is COC(=O)CCS(=O)(=O)CC(C)CN. The van der Waals surface area contributed by atoms with Crippen molar-refractivity contribution in [3.8, 4) is 0 Å². The third-order valence-corrected chi connectivity index (χ3v) is 3.69. The van der Waals surface area contributed by atoms with Crippen molar-refractivity contribution in [2.75, 3.05) is 25.2 Å². The lowest BCUT2D eigenvalue weighted by Crippen LogP contribution is -2.24. The second kappa shape index (κ2) is 5.98. The van der Waals surface area contributed by atoms with Crippen LogP contribution < -0.4 is 5.73 Å². The monoisotopic (exact) mass is 223 g/mol. The Kier molecular flexibility index (Phi) is 5.71. The fourth-order valence-corrected chi connectivity index (χ4v) is 2.57. The Bertz CT molecular complexity index is 273. The van der Waals surface area contributed by atoms with Crippen LogP contribution in [-0.4, -0.2) is 39.5 Å². The summed E-state index contributed by atoms with van der Waals surface area (Å²) in [5.41, 5.74) is 5.31. The number of hydrogen-bond acceptors (Lipinski definition) is 5. The molecule has 0 saturated carbocycles. The molecular weight excluding hydrogens is 206 g/mol. The van der Waals surface area contributed by atoms with Crippen LogP contribution in [0.5, 0.6) is 0 Å². The summed E-state index contributed by atoms with van der Waals surface area (Å²) in [5, 5.41) is 0. The predicted octanol–water partition coefficient (Wildman–Crippen LogP) is -0.441. The number of methoxy groups -OCH3 is 1. The van der Waals surface area contributed by atoms with Crippen LogP contribution in [0.25, 0.3) is 0 Å². The smallest absolute Gasteiger partial charge is 0.306 e. The van der Waals surface area contributed by atoms with E-state index < -0.39 is 15.8 Å². The van der Waals surface area contributed by atoms with Crippen molar-refractivity contribution in [3.05, 3.63) is 0 Å². The maximum atomic E-state index is 11.4. The summed E-state index contributed by atoms with van der Waals surface area (Å²) in [7, 11) is -1.95. The second-order valence-corrected chi connectivity index (χ2v) is 5.51. The van der Waals surface area contributed by atoms with Crippen LogP contribution in [0.4, 0.5) is 0 Å². The van der Waals surface area contributed by atoms with Gasteiger partial charge in [-0.1, -0.05) is 6.92 Å². The van der Waals surface area contributed by atoms with E-state index >= 15 is 0 Å². The number of sulfone groups is 1. The molecule has 0 radical (unpaired) electrons. The number of nitrogens with two attached hydrogens (primary N) is 1. The molecule has 0 aliphatic rings. The van der Waals surface area contributed by atoms with Crippen molar-refractivity contribution in [3.63, 3.8) is 0 Å². The topological polar surface area (TPSA) is 86.5 Å². The molecule has 0 aliphatic heterocycles. The number of carbonyl (C=O) groups is 1. The van der Waals surface area contributed by atoms with Gasteiger partial charge in [0.05, 0.1) is 25.0 Å². The Balaban J connectivity index is 4.02. The maximum Gasteiger partial charge on any atom is 0.306 e. The van der Waals surface area contributed by atoms with E-state index in [1.807, 2.05) is 0 Å². The van der Waals surface area contributed by atoms with Crippen LogP contribution in [0.15, 0.2) is 0 Å². The van der Waals surface area contributed by atoms with Crippen LogP contribution >= 0.6 is 0 Å². The van der Waals surface area contributed by atoms with E-state index in [9.17, 15) is 13.2 Å². The molecule has 0 bridgehead atoms. The van der Waals surface area contributed by atoms with Crippen molar-refractivity contribution < 1.29 is 17.9 Å². The average molecular weight is 223 g/mol. The lowest BCUT2D eigenvalue weighted by atomic mass is 10.2. The lowest BCUT2D eigenvalue weighted by Gasteiger charge is -2.08. The minimum absolute atomic E-state index is 0.0283. The van der Waals surface area contributed by atoms with Crippen LogP contribution in [0.1, 0.15) is 13.3 Å². The van der Waals surface area contributed by atoms with E-state index in [0.717, 1.165) is 0 Å². The van der Waals surface area contributed by atoms with Gasteiger partial charge in [0.25, 0.3) is 0 Å². The van der Waals surface area contributed by atoms with E-state index in [-0.39, 0.29) is 23.8 Å². The van der Waals surface area contributed by atoms with Gasteiger partial charge in [-0.3, -0.25) is 4.79 Å². The second-order valence-electron chi connectivity index (χ2n) is 3.28. The molecule has 5 nitrogen and oxygen atoms in total. The van der Waals surface area contributed by atoms with Gasteiger partial charge in [0.2, 0.25) is 0 Å². The van der Waals surface area contributed by atoms with Gasteiger partial charge in [-0.15, -0.1) is 0 Å². The summed E-state index contributed by atoms with van der Waals surface area (Å²) in [5.74, 6) is -0.712. The van der Waals surface area contributed by atoms with Gasteiger partial charge in [0.15, 0.2) is 9.84 Å². The molecule has 1 unspecified atom stereocenters. The molecule has 0 aromatic rings. The molecule has 2 N–H and O–H groups in total. The quantitative estimate of drug-likeness (QED) is 0.617. The Hall–Kier alpha value is -0.620. The molecule has 0 saturated heterocycles. The Labute approximate surface area is 84.5 Å². The van der Waals surface area contributed by atoms with Gasteiger partial charge >= 0.3 is 5.97 Å². The molecule has 0 heterocycles. The largest absolute Gasteiger partial charge is 0.469 e. The summed E-state index contributed by atoms with van der Waals surface area (Å²) in [6.07, 6.45) is -0.0872. The first kappa shape index (κ1) is 13.4. The van der Waals surface area contributed by atoms with E-state index in [2.05, 4.69) is 4.74 Å². The lowest BCUT2D eigenvalue weighted by molar-refractivity contribution is -0.140. The number of carbonyl (C=O) groups excluding carboxylic acids is 1. The van der Waals surface area contributed by atoms with E-state index in [4.69, 9.17) is 5.73 Å². The van der Waals surface area contributed by atoms with Gasteiger partial charge < -0.3 is 10.5 Å². The maximum absolute atomic E-state index is 11.4. The standard InChI is InChI=1S/C8H17NO4S/c1-7(5-9)6-14(11,12)4-3-8(10)13-2/h7H,3-6,9H2,1-2H3. The molecule has 6 heteroatoms. The van der Waals surface area contributed by atoms with E-state index in [1.165, 1.54) is 7.11 Å². The molecule has 0 rings (SSSR count). The highest BCUT2D eigenvalue weighted by Gasteiger charge is 2.16. The molecule has 84 valence electrons. The normalized spacial score (nSPS) is 13.6. The number of esters is 1. The highest BCUT2D eigenvalue weighted by Crippen LogP contribution is 2.02. The van der Waals surface area contributed by atoms with Crippen LogP contribution in [0.2, 0.25) is 0 Å². The predicted molar refractivity (Wildman–Crippen MR) is 53.5 cm³/mol. The van der Waals surface area contributed by atoms with Crippen LogP contribution in [0.3, 0.4) is 0 Å². The van der Waals surface area contributed by atoms with Gasteiger partial charge in [-0.2, -0.15) is 0 Å². The molecule has 0 aliphatic carbocycles. The Morgan fingerprint density at radius 3 is 2.50 bits per heavy atom. The third-order valence-electron chi connectivity index (χ3n) is 1.79. The molecule has 0 spiro atoms. The molecule has 14 heavy (non-hydrogen) atoms. The minimum atomic E-state index is -3.18. The fraction of sp³-hybridized carbons (Fsp3) is 0.875. The molecule has 0 fully saturated rings. The minimum Gasteiger partial charge on any atom is -0.469 e. The summed E-state index contributed by atoms with van der Waals surface area (Å²) in [6.45, 7) is 2.09. The average Bonchev–Trinajstić information content (AvgIpc) is 2.13. The summed E-state index contributed by atoms with van der Waals surface area (Å²) in [4.78, 5) is 10.7. The van der Waals surface area contributed by atoms with Crippen molar-refractivity contribution in [1.82, 2.24) is 0 Å². The molecule has 0 aromatic heterocycles.